The summed E-state index contributed by atoms with van der Waals surface area (Å²) in [7, 11) is 3.51. The molecule has 1 aliphatic rings. The third-order valence-corrected chi connectivity index (χ3v) is 5.99. The molecule has 3 rings (SSSR count). The minimum atomic E-state index is 0.446. The van der Waals surface area contributed by atoms with Crippen molar-refractivity contribution >= 4 is 38.2 Å². The number of nitrogens with one attached hydrogen (secondary N) is 2. The molecule has 1 saturated heterocycles. The van der Waals surface area contributed by atoms with Gasteiger partial charge >= 0.3 is 0 Å². The normalized spacial score (nSPS) is 15.8. The molecule has 1 aromatic heterocycles. The van der Waals surface area contributed by atoms with E-state index in [1.54, 1.807) is 7.11 Å². The molecule has 1 aromatic carbocycles. The van der Waals surface area contributed by atoms with Gasteiger partial charge in [0.2, 0.25) is 0 Å². The monoisotopic (exact) mass is 436 g/mol. The van der Waals surface area contributed by atoms with E-state index in [1.165, 1.54) is 5.00 Å². The number of anilines is 1. The number of guanidine groups is 1. The summed E-state index contributed by atoms with van der Waals surface area (Å²) >= 11 is 5.33. The highest BCUT2D eigenvalue weighted by Gasteiger charge is 2.20. The van der Waals surface area contributed by atoms with E-state index in [0.29, 0.717) is 12.6 Å². The molecule has 2 aromatic rings. The molecule has 0 unspecified atom stereocenters. The smallest absolute Gasteiger partial charge is 0.191 e. The fourth-order valence-electron chi connectivity index (χ4n) is 3.15. The third-order valence-electron chi connectivity index (χ3n) is 4.57. The van der Waals surface area contributed by atoms with Gasteiger partial charge in [0, 0.05) is 42.8 Å². The zero-order valence-electron chi connectivity index (χ0n) is 15.2. The Balaban J connectivity index is 1.50. The minimum Gasteiger partial charge on any atom is -0.496 e. The zero-order chi connectivity index (χ0) is 18.4. The molecule has 140 valence electrons. The molecule has 2 heterocycles. The van der Waals surface area contributed by atoms with Gasteiger partial charge in [-0.25, -0.2) is 0 Å². The van der Waals surface area contributed by atoms with Crippen molar-refractivity contribution in [2.45, 2.75) is 25.4 Å². The Labute approximate surface area is 167 Å². The molecule has 1 aliphatic heterocycles. The van der Waals surface area contributed by atoms with Gasteiger partial charge in [-0.05, 0) is 48.6 Å². The molecule has 7 heteroatoms. The topological polar surface area (TPSA) is 48.9 Å². The predicted molar refractivity (Wildman–Crippen MR) is 114 cm³/mol. The Bertz CT molecular complexity index is 727. The second kappa shape index (κ2) is 9.28. The Morgan fingerprint density at radius 2 is 2.15 bits per heavy atom. The Morgan fingerprint density at radius 3 is 2.81 bits per heavy atom. The quantitative estimate of drug-likeness (QED) is 0.551. The number of hydrogen-bond donors (Lipinski definition) is 2. The van der Waals surface area contributed by atoms with Crippen LogP contribution in [0.1, 0.15) is 18.4 Å². The van der Waals surface area contributed by atoms with Crippen LogP contribution in [0.3, 0.4) is 0 Å². The van der Waals surface area contributed by atoms with Crippen molar-refractivity contribution in [3.63, 3.8) is 0 Å². The van der Waals surface area contributed by atoms with Crippen molar-refractivity contribution in [3.05, 3.63) is 45.7 Å². The van der Waals surface area contributed by atoms with E-state index in [4.69, 9.17) is 4.74 Å². The van der Waals surface area contributed by atoms with Gasteiger partial charge in [-0.3, -0.25) is 4.99 Å². The number of piperidine rings is 1. The Hall–Kier alpha value is -1.73. The lowest BCUT2D eigenvalue weighted by atomic mass is 10.1. The maximum absolute atomic E-state index is 5.44. The summed E-state index contributed by atoms with van der Waals surface area (Å²) in [5, 5.41) is 10.5. The fraction of sp³-hybridized carbons (Fsp3) is 0.421. The molecule has 5 nitrogen and oxygen atoms in total. The van der Waals surface area contributed by atoms with Gasteiger partial charge in [0.05, 0.1) is 12.1 Å². The van der Waals surface area contributed by atoms with Crippen LogP contribution in [-0.4, -0.2) is 39.2 Å². The number of methoxy groups -OCH3 is 1. The van der Waals surface area contributed by atoms with Crippen LogP contribution in [0.4, 0.5) is 5.00 Å². The molecule has 0 spiro atoms. The van der Waals surface area contributed by atoms with Crippen LogP contribution >= 0.6 is 27.3 Å². The lowest BCUT2D eigenvalue weighted by Gasteiger charge is -2.33. The minimum absolute atomic E-state index is 0.446. The highest BCUT2D eigenvalue weighted by Crippen LogP contribution is 2.25. The van der Waals surface area contributed by atoms with Crippen molar-refractivity contribution in [3.8, 4) is 5.75 Å². The number of nitrogens with zero attached hydrogens (tertiary/aromatic N) is 2. The van der Waals surface area contributed by atoms with Crippen molar-refractivity contribution in [1.29, 1.82) is 0 Å². The summed E-state index contributed by atoms with van der Waals surface area (Å²) in [6.07, 6.45) is 2.22. The van der Waals surface area contributed by atoms with Crippen LogP contribution in [0.5, 0.6) is 5.75 Å². The van der Waals surface area contributed by atoms with Gasteiger partial charge in [0.1, 0.15) is 5.75 Å². The number of benzene rings is 1. The standard InChI is InChI=1S/C19H25BrN4OS/c1-21-19(22-13-14-12-15(20)5-6-17(14)25-2)23-16-7-9-24(10-8-16)18-4-3-11-26-18/h3-6,11-12,16H,7-10,13H2,1-2H3,(H2,21,22,23). The first kappa shape index (κ1) is 19.0. The van der Waals surface area contributed by atoms with Gasteiger partial charge in [-0.1, -0.05) is 15.9 Å². The number of ether oxygens (including phenoxy) is 1. The predicted octanol–water partition coefficient (Wildman–Crippen LogP) is 3.85. The summed E-state index contributed by atoms with van der Waals surface area (Å²) in [5.41, 5.74) is 1.09. The molecule has 2 N–H and O–H groups in total. The molecule has 0 atom stereocenters. The van der Waals surface area contributed by atoms with Crippen molar-refractivity contribution in [1.82, 2.24) is 10.6 Å². The number of halogens is 1. The molecule has 0 aliphatic carbocycles. The molecule has 0 amide bonds. The second-order valence-electron chi connectivity index (χ2n) is 6.24. The fourth-order valence-corrected chi connectivity index (χ4v) is 4.34. The van der Waals surface area contributed by atoms with E-state index in [9.17, 15) is 0 Å². The number of hydrogen-bond acceptors (Lipinski definition) is 4. The average Bonchev–Trinajstić information content (AvgIpc) is 3.20. The SMILES string of the molecule is CN=C(NCc1cc(Br)ccc1OC)NC1CCN(c2cccs2)CC1. The summed E-state index contributed by atoms with van der Waals surface area (Å²) in [6, 6.07) is 10.8. The molecular formula is C19H25BrN4OS. The number of thiophene rings is 1. The maximum Gasteiger partial charge on any atom is 0.191 e. The molecular weight excluding hydrogens is 412 g/mol. The van der Waals surface area contributed by atoms with Gasteiger partial charge in [-0.2, -0.15) is 0 Å². The number of aliphatic imine (C=N–C) groups is 1. The van der Waals surface area contributed by atoms with Crippen LogP contribution in [0.25, 0.3) is 0 Å². The average molecular weight is 437 g/mol. The Morgan fingerprint density at radius 1 is 1.35 bits per heavy atom. The summed E-state index contributed by atoms with van der Waals surface area (Å²) in [5.74, 6) is 1.71. The highest BCUT2D eigenvalue weighted by atomic mass is 79.9. The lowest BCUT2D eigenvalue weighted by Crippen LogP contribution is -2.48. The molecule has 0 saturated carbocycles. The zero-order valence-corrected chi connectivity index (χ0v) is 17.6. The van der Waals surface area contributed by atoms with Gasteiger partial charge in [-0.15, -0.1) is 11.3 Å². The van der Waals surface area contributed by atoms with Crippen molar-refractivity contribution in [2.75, 3.05) is 32.1 Å². The summed E-state index contributed by atoms with van der Waals surface area (Å²) in [4.78, 5) is 6.84. The van der Waals surface area contributed by atoms with Crippen LogP contribution in [0.15, 0.2) is 45.2 Å². The van der Waals surface area contributed by atoms with Gasteiger partial charge in [0.15, 0.2) is 5.96 Å². The third kappa shape index (κ3) is 4.92. The van der Waals surface area contributed by atoms with Crippen LogP contribution in [0, 0.1) is 0 Å². The van der Waals surface area contributed by atoms with E-state index in [-0.39, 0.29) is 0 Å². The summed E-state index contributed by atoms with van der Waals surface area (Å²) in [6.45, 7) is 2.82. The lowest BCUT2D eigenvalue weighted by molar-refractivity contribution is 0.408. The first-order valence-electron chi connectivity index (χ1n) is 8.77. The number of rotatable bonds is 5. The van der Waals surface area contributed by atoms with E-state index in [1.807, 2.05) is 30.5 Å². The van der Waals surface area contributed by atoms with Crippen molar-refractivity contribution < 1.29 is 4.74 Å². The van der Waals surface area contributed by atoms with Gasteiger partial charge < -0.3 is 20.3 Å². The van der Waals surface area contributed by atoms with Crippen LogP contribution < -0.4 is 20.3 Å². The summed E-state index contributed by atoms with van der Waals surface area (Å²) < 4.78 is 6.48. The Kier molecular flexibility index (Phi) is 6.80. The molecule has 0 bridgehead atoms. The van der Waals surface area contributed by atoms with E-state index < -0.39 is 0 Å². The van der Waals surface area contributed by atoms with Crippen LogP contribution in [-0.2, 0) is 6.54 Å². The first-order valence-corrected chi connectivity index (χ1v) is 10.4. The van der Waals surface area contributed by atoms with E-state index >= 15 is 0 Å². The largest absolute Gasteiger partial charge is 0.496 e. The van der Waals surface area contributed by atoms with Crippen molar-refractivity contribution in [2.24, 2.45) is 4.99 Å². The van der Waals surface area contributed by atoms with Gasteiger partial charge in [0.25, 0.3) is 0 Å². The van der Waals surface area contributed by atoms with Crippen LogP contribution in [0.2, 0.25) is 0 Å². The van der Waals surface area contributed by atoms with E-state index in [2.05, 4.69) is 60.0 Å². The highest BCUT2D eigenvalue weighted by molar-refractivity contribution is 9.10. The molecule has 1 fully saturated rings. The second-order valence-corrected chi connectivity index (χ2v) is 8.08. The first-order chi connectivity index (χ1) is 12.7. The van der Waals surface area contributed by atoms with E-state index in [0.717, 1.165) is 47.7 Å². The maximum atomic E-state index is 5.44. The molecule has 0 radical (unpaired) electrons. The molecule has 26 heavy (non-hydrogen) atoms.